The van der Waals surface area contributed by atoms with Gasteiger partial charge in [-0.2, -0.15) is 0 Å². The van der Waals surface area contributed by atoms with Crippen molar-refractivity contribution in [2.75, 3.05) is 11.4 Å². The van der Waals surface area contributed by atoms with Crippen molar-refractivity contribution in [1.29, 1.82) is 0 Å². The molecule has 21 heavy (non-hydrogen) atoms. The lowest BCUT2D eigenvalue weighted by Crippen LogP contribution is -2.27. The smallest absolute Gasteiger partial charge is 0.269 e. The highest BCUT2D eigenvalue weighted by Crippen LogP contribution is 2.30. The molecule has 110 valence electrons. The largest absolute Gasteiger partial charge is 0.291 e. The molecule has 8 heteroatoms. The number of rotatable bonds is 4. The van der Waals surface area contributed by atoms with Gasteiger partial charge in [0, 0.05) is 18.1 Å². The van der Waals surface area contributed by atoms with Crippen LogP contribution in [0.25, 0.3) is 0 Å². The number of nitro benzene ring substituents is 1. The van der Waals surface area contributed by atoms with Crippen molar-refractivity contribution in [3.63, 3.8) is 0 Å². The lowest BCUT2D eigenvalue weighted by atomic mass is 10.3. The Morgan fingerprint density at radius 3 is 2.33 bits per heavy atom. The predicted octanol–water partition coefficient (Wildman–Crippen LogP) is 3.07. The normalized spacial score (nSPS) is 11.1. The number of sulfonamides is 1. The van der Waals surface area contributed by atoms with E-state index in [1.807, 2.05) is 0 Å². The van der Waals surface area contributed by atoms with E-state index in [4.69, 9.17) is 11.6 Å². The SMILES string of the molecule is CN(c1ccccc1)S(=O)(=O)c1ccc(Cl)cc1[N+](=O)[O-]. The van der Waals surface area contributed by atoms with Crippen molar-refractivity contribution in [2.24, 2.45) is 0 Å². The topological polar surface area (TPSA) is 80.5 Å². The van der Waals surface area contributed by atoms with Crippen LogP contribution in [0.15, 0.2) is 53.4 Å². The number of halogens is 1. The van der Waals surface area contributed by atoms with Crippen LogP contribution in [0.4, 0.5) is 11.4 Å². The third-order valence-electron chi connectivity index (χ3n) is 2.88. The fourth-order valence-corrected chi connectivity index (χ4v) is 3.27. The van der Waals surface area contributed by atoms with Crippen LogP contribution in [-0.4, -0.2) is 20.4 Å². The molecule has 2 aromatic rings. The van der Waals surface area contributed by atoms with E-state index in [2.05, 4.69) is 0 Å². The van der Waals surface area contributed by atoms with E-state index in [0.717, 1.165) is 16.4 Å². The minimum atomic E-state index is -4.05. The molecule has 0 saturated carbocycles. The standard InChI is InChI=1S/C13H11ClN2O4S/c1-15(11-5-3-2-4-6-11)21(19,20)13-8-7-10(14)9-12(13)16(17)18/h2-9H,1H3. The van der Waals surface area contributed by atoms with Crippen LogP contribution in [0.5, 0.6) is 0 Å². The van der Waals surface area contributed by atoms with E-state index >= 15 is 0 Å². The first-order chi connectivity index (χ1) is 9.84. The van der Waals surface area contributed by atoms with Gasteiger partial charge in [0.1, 0.15) is 0 Å². The second-order valence-corrected chi connectivity index (χ2v) is 6.55. The van der Waals surface area contributed by atoms with Gasteiger partial charge in [-0.3, -0.25) is 14.4 Å². The Morgan fingerprint density at radius 2 is 1.76 bits per heavy atom. The monoisotopic (exact) mass is 326 g/mol. The molecule has 0 atom stereocenters. The minimum absolute atomic E-state index is 0.100. The van der Waals surface area contributed by atoms with E-state index < -0.39 is 25.5 Å². The molecule has 0 spiro atoms. The van der Waals surface area contributed by atoms with Gasteiger partial charge >= 0.3 is 0 Å². The first kappa shape index (κ1) is 15.3. The maximum absolute atomic E-state index is 12.5. The van der Waals surface area contributed by atoms with Gasteiger partial charge in [-0.15, -0.1) is 0 Å². The highest BCUT2D eigenvalue weighted by atomic mass is 35.5. The molecule has 0 fully saturated rings. The second kappa shape index (κ2) is 5.71. The van der Waals surface area contributed by atoms with Crippen molar-refractivity contribution in [3.05, 3.63) is 63.7 Å². The Labute approximate surface area is 126 Å². The van der Waals surface area contributed by atoms with Crippen LogP contribution < -0.4 is 4.31 Å². The van der Waals surface area contributed by atoms with Crippen molar-refractivity contribution in [1.82, 2.24) is 0 Å². The molecule has 0 bridgehead atoms. The van der Waals surface area contributed by atoms with Crippen LogP contribution in [0, 0.1) is 10.1 Å². The average molecular weight is 327 g/mol. The molecule has 0 aliphatic heterocycles. The maximum atomic E-state index is 12.5. The Balaban J connectivity index is 2.57. The molecule has 0 aromatic heterocycles. The second-order valence-electron chi connectivity index (χ2n) is 4.18. The number of benzene rings is 2. The summed E-state index contributed by atoms with van der Waals surface area (Å²) in [6.45, 7) is 0. The van der Waals surface area contributed by atoms with Gasteiger partial charge in [0.25, 0.3) is 15.7 Å². The summed E-state index contributed by atoms with van der Waals surface area (Å²) in [5.74, 6) is 0. The molecule has 2 aromatic carbocycles. The summed E-state index contributed by atoms with van der Waals surface area (Å²) in [4.78, 5) is 9.88. The number of hydrogen-bond acceptors (Lipinski definition) is 4. The molecule has 0 N–H and O–H groups in total. The number of nitrogens with zero attached hydrogens (tertiary/aromatic N) is 2. The summed E-state index contributed by atoms with van der Waals surface area (Å²) in [5, 5.41) is 11.1. The molecular formula is C13H11ClN2O4S. The van der Waals surface area contributed by atoms with Crippen molar-refractivity contribution >= 4 is 33.0 Å². The van der Waals surface area contributed by atoms with Gasteiger partial charge < -0.3 is 0 Å². The van der Waals surface area contributed by atoms with E-state index in [0.29, 0.717) is 5.69 Å². The van der Waals surface area contributed by atoms with E-state index in [9.17, 15) is 18.5 Å². The fraction of sp³-hybridized carbons (Fsp3) is 0.0769. The molecule has 0 aliphatic rings. The van der Waals surface area contributed by atoms with Gasteiger partial charge in [0.2, 0.25) is 0 Å². The zero-order valence-electron chi connectivity index (χ0n) is 10.9. The summed E-state index contributed by atoms with van der Waals surface area (Å²) < 4.78 is 26.1. The summed E-state index contributed by atoms with van der Waals surface area (Å²) in [7, 11) is -2.72. The lowest BCUT2D eigenvalue weighted by Gasteiger charge is -2.19. The zero-order chi connectivity index (χ0) is 15.6. The molecular weight excluding hydrogens is 316 g/mol. The molecule has 0 heterocycles. The molecule has 0 aliphatic carbocycles. The van der Waals surface area contributed by atoms with Crippen molar-refractivity contribution < 1.29 is 13.3 Å². The maximum Gasteiger partial charge on any atom is 0.291 e. The number of anilines is 1. The van der Waals surface area contributed by atoms with Crippen molar-refractivity contribution in [3.8, 4) is 0 Å². The molecule has 6 nitrogen and oxygen atoms in total. The minimum Gasteiger partial charge on any atom is -0.269 e. The molecule has 2 rings (SSSR count). The van der Waals surface area contributed by atoms with Gasteiger partial charge in [-0.1, -0.05) is 29.8 Å². The number of nitro groups is 1. The summed E-state index contributed by atoms with van der Waals surface area (Å²) in [6, 6.07) is 11.8. The van der Waals surface area contributed by atoms with Crippen LogP contribution >= 0.6 is 11.6 Å². The molecule has 0 unspecified atom stereocenters. The quantitative estimate of drug-likeness (QED) is 0.638. The summed E-state index contributed by atoms with van der Waals surface area (Å²) in [6.07, 6.45) is 0. The first-order valence-electron chi connectivity index (χ1n) is 5.82. The fourth-order valence-electron chi connectivity index (χ4n) is 1.78. The van der Waals surface area contributed by atoms with Gasteiger partial charge in [-0.25, -0.2) is 8.42 Å². The number of para-hydroxylation sites is 1. The van der Waals surface area contributed by atoms with Crippen LogP contribution in [0.3, 0.4) is 0 Å². The van der Waals surface area contributed by atoms with Crippen molar-refractivity contribution in [2.45, 2.75) is 4.90 Å². The first-order valence-corrected chi connectivity index (χ1v) is 7.64. The average Bonchev–Trinajstić information content (AvgIpc) is 2.47. The highest BCUT2D eigenvalue weighted by molar-refractivity contribution is 7.93. The third-order valence-corrected chi connectivity index (χ3v) is 4.94. The zero-order valence-corrected chi connectivity index (χ0v) is 12.5. The van der Waals surface area contributed by atoms with Gasteiger partial charge in [-0.05, 0) is 24.3 Å². The van der Waals surface area contributed by atoms with E-state index in [-0.39, 0.29) is 5.02 Å². The van der Waals surface area contributed by atoms with Gasteiger partial charge in [0.15, 0.2) is 4.90 Å². The predicted molar refractivity (Wildman–Crippen MR) is 80.1 cm³/mol. The Hall–Kier alpha value is -2.12. The molecule has 0 radical (unpaired) electrons. The highest BCUT2D eigenvalue weighted by Gasteiger charge is 2.30. The Kier molecular flexibility index (Phi) is 4.15. The molecule has 0 amide bonds. The third kappa shape index (κ3) is 2.98. The summed E-state index contributed by atoms with van der Waals surface area (Å²) >= 11 is 5.69. The van der Waals surface area contributed by atoms with Crippen LogP contribution in [-0.2, 0) is 10.0 Å². The number of hydrogen-bond donors (Lipinski definition) is 0. The Morgan fingerprint density at radius 1 is 1.14 bits per heavy atom. The van der Waals surface area contributed by atoms with Crippen LogP contribution in [0.1, 0.15) is 0 Å². The lowest BCUT2D eigenvalue weighted by molar-refractivity contribution is -0.387. The molecule has 0 saturated heterocycles. The Bertz CT molecular complexity index is 778. The van der Waals surface area contributed by atoms with Crippen LogP contribution in [0.2, 0.25) is 5.02 Å². The van der Waals surface area contributed by atoms with Gasteiger partial charge in [0.05, 0.1) is 10.6 Å². The summed E-state index contributed by atoms with van der Waals surface area (Å²) in [5.41, 5.74) is -0.146. The van der Waals surface area contributed by atoms with E-state index in [1.54, 1.807) is 30.3 Å². The van der Waals surface area contributed by atoms with E-state index in [1.165, 1.54) is 13.1 Å².